The molecule has 5 aromatic heterocycles. The predicted molar refractivity (Wildman–Crippen MR) is 427 cm³/mol. The van der Waals surface area contributed by atoms with Gasteiger partial charge in [-0.3, -0.25) is 9.59 Å². The second-order valence-corrected chi connectivity index (χ2v) is 35.5. The summed E-state index contributed by atoms with van der Waals surface area (Å²) >= 11 is 0. The van der Waals surface area contributed by atoms with E-state index in [2.05, 4.69) is 141 Å². The topological polar surface area (TPSA) is 241 Å². The molecule has 1 saturated carbocycles. The van der Waals surface area contributed by atoms with Crippen molar-refractivity contribution < 1.29 is 39.6 Å². The summed E-state index contributed by atoms with van der Waals surface area (Å²) in [4.78, 5) is 44.2. The van der Waals surface area contributed by atoms with E-state index in [1.165, 1.54) is 71.4 Å². The quantitative estimate of drug-likeness (QED) is 0.0694. The number of H-pyrrole nitrogens is 5. The van der Waals surface area contributed by atoms with Gasteiger partial charge in [-0.25, -0.2) is 33.9 Å². The fraction of sp³-hybridized carbons (Fsp3) is 0.381. The lowest BCUT2D eigenvalue weighted by atomic mass is 9.90. The minimum absolute atomic E-state index is 0.140. The minimum Gasteiger partial charge on any atom is -0.497 e. The zero-order valence-corrected chi connectivity index (χ0v) is 63.9. The van der Waals surface area contributed by atoms with Crippen LogP contribution in [-0.4, -0.2) is 168 Å². The van der Waals surface area contributed by atoms with Gasteiger partial charge >= 0.3 is 0 Å². The van der Waals surface area contributed by atoms with Crippen molar-refractivity contribution in [3.63, 3.8) is 0 Å². The van der Waals surface area contributed by atoms with Crippen LogP contribution in [0, 0.1) is 5.92 Å². The molecule has 6 aromatic carbocycles. The molecular formula is C84H100N10O9S3. The number of aromatic amines is 5. The van der Waals surface area contributed by atoms with E-state index in [0.29, 0.717) is 86.7 Å². The third-order valence-corrected chi connectivity index (χ3v) is 28.3. The molecule has 0 spiro atoms. The summed E-state index contributed by atoms with van der Waals surface area (Å²) in [6.07, 6.45) is 24.8. The standard InChI is InChI=1S/C19H20N2O2S.C17H18N2O.2C16H22N2O2S.C16H18N2O2/c22-24(23,16-6-2-1-3-7-16)21-12-10-15(11-13-21)18-14-20-19-9-5-4-8-17(18)19;20-17(13-5-6-13)19-9-7-12(8-10-19)15-11-18-16-4-2-1-3-14(15)16;1-12(2)21(19,20)18-9-7-13(8-10-18)15-11-17-16-6-4-3-5-14(15)16;1-2-11-21(19,20)18-9-7-13(8-10-18)15-12-17-16-6-4-3-5-14(15)16;1-11(19)18-7-5-12(6-8-18)15-10-17-16-4-3-13(20-2)9-14(15)16/h1-9,14-15,20H,10-13H2;1-4,7,11,13,18H,5-6,8-10H2;3-6,11-13,17H,7-10H2,1-2H3;3-6,12-13,17H,2,7-11H2,1H3;3-5,9-10,17H,6-8H2,1-2H3. The van der Waals surface area contributed by atoms with E-state index in [0.717, 1.165) is 112 Å². The minimum atomic E-state index is -3.37. The van der Waals surface area contributed by atoms with E-state index in [4.69, 9.17) is 4.74 Å². The number of carbonyl (C=O) groups excluding carboxylic acids is 2. The van der Waals surface area contributed by atoms with E-state index >= 15 is 0 Å². The fourth-order valence-electron chi connectivity index (χ4n) is 15.7. The SMILES string of the molecule is CC(C)S(=O)(=O)N1CCC(c2c[nH]c3ccccc23)CC1.CCCS(=O)(=O)N1CCC(c2c[nH]c3ccccc23)CC1.COc1ccc2[nH]cc(C3=CCN(C(C)=O)CC3)c2c1.O=C(C1CC1)N1CC=C(c2c[nH]c3ccccc23)CC1.O=S(=O)(c1ccccc1)N1CCC(c2c[nH]c3ccccc23)CC1. The molecule has 558 valence electrons. The Morgan fingerprint density at radius 2 is 0.868 bits per heavy atom. The lowest BCUT2D eigenvalue weighted by molar-refractivity contribution is -0.132. The molecule has 106 heavy (non-hydrogen) atoms. The van der Waals surface area contributed by atoms with Crippen LogP contribution in [-0.2, 0) is 39.7 Å². The number of hydrogen-bond donors (Lipinski definition) is 5. The normalized spacial score (nSPS) is 17.8. The number of aromatic nitrogens is 5. The zero-order chi connectivity index (χ0) is 74.1. The largest absolute Gasteiger partial charge is 0.497 e. The van der Waals surface area contributed by atoms with Crippen molar-refractivity contribution in [2.75, 3.05) is 78.3 Å². The Labute approximate surface area is 623 Å². The molecule has 17 rings (SSSR count). The average Bonchev–Trinajstić information content (AvgIpc) is 1.50. The number of fused-ring (bicyclic) bond motifs is 5. The number of para-hydroxylation sites is 4. The number of amides is 2. The molecular weight excluding hydrogens is 1390 g/mol. The van der Waals surface area contributed by atoms with Gasteiger partial charge in [-0.1, -0.05) is 110 Å². The highest BCUT2D eigenvalue weighted by atomic mass is 32.2. The summed E-state index contributed by atoms with van der Waals surface area (Å²) in [5, 5.41) is 5.91. The first kappa shape index (κ1) is 75.2. The van der Waals surface area contributed by atoms with Crippen LogP contribution < -0.4 is 4.74 Å². The molecule has 1 aliphatic carbocycles. The van der Waals surface area contributed by atoms with E-state index < -0.39 is 30.1 Å². The number of nitrogens with one attached hydrogen (secondary N) is 5. The molecule has 3 saturated heterocycles. The summed E-state index contributed by atoms with van der Waals surface area (Å²) in [6.45, 7) is 13.8. The molecule has 0 atom stereocenters. The van der Waals surface area contributed by atoms with Crippen LogP contribution in [0.3, 0.4) is 0 Å². The highest BCUT2D eigenvalue weighted by Crippen LogP contribution is 2.40. The van der Waals surface area contributed by atoms with E-state index in [1.807, 2.05) is 65.4 Å². The number of carbonyl (C=O) groups is 2. The Hall–Kier alpha value is -9.03. The smallest absolute Gasteiger partial charge is 0.243 e. The van der Waals surface area contributed by atoms with Crippen LogP contribution in [0.4, 0.5) is 0 Å². The number of hydrogen-bond acceptors (Lipinski definition) is 9. The highest BCUT2D eigenvalue weighted by Gasteiger charge is 2.36. The molecule has 0 bridgehead atoms. The molecule has 19 nitrogen and oxygen atoms in total. The number of nitrogens with zero attached hydrogens (tertiary/aromatic N) is 5. The number of ether oxygens (including phenoxy) is 1. The fourth-order valence-corrected chi connectivity index (χ4v) is 20.1. The maximum atomic E-state index is 12.7. The van der Waals surface area contributed by atoms with Gasteiger partial charge in [-0.05, 0) is 185 Å². The third-order valence-electron chi connectivity index (χ3n) is 22.0. The molecule has 4 fully saturated rings. The lowest BCUT2D eigenvalue weighted by Gasteiger charge is -2.32. The van der Waals surface area contributed by atoms with Crippen LogP contribution in [0.15, 0.2) is 194 Å². The summed E-state index contributed by atoms with van der Waals surface area (Å²) in [6, 6.07) is 48.0. The predicted octanol–water partition coefficient (Wildman–Crippen LogP) is 15.9. The Kier molecular flexibility index (Phi) is 23.7. The first-order valence-corrected chi connectivity index (χ1v) is 42.2. The Bertz CT molecular complexity index is 5280. The van der Waals surface area contributed by atoms with Crippen LogP contribution >= 0.6 is 0 Å². The van der Waals surface area contributed by atoms with Gasteiger partial charge in [0.05, 0.1) is 23.0 Å². The molecule has 0 unspecified atom stereocenters. The number of piperidine rings is 3. The first-order valence-electron chi connectivity index (χ1n) is 37.6. The van der Waals surface area contributed by atoms with Crippen molar-refractivity contribution in [2.24, 2.45) is 5.92 Å². The summed E-state index contributed by atoms with van der Waals surface area (Å²) in [5.41, 5.74) is 14.9. The monoisotopic (exact) mass is 1490 g/mol. The second kappa shape index (κ2) is 33.4. The molecule has 10 heterocycles. The van der Waals surface area contributed by atoms with Crippen LogP contribution in [0.2, 0.25) is 0 Å². The van der Waals surface area contributed by atoms with Crippen molar-refractivity contribution >= 4 is 108 Å². The molecule has 11 aromatic rings. The molecule has 2 amide bonds. The average molecular weight is 1490 g/mol. The number of rotatable bonds is 14. The van der Waals surface area contributed by atoms with Gasteiger partial charge in [-0.2, -0.15) is 4.31 Å². The van der Waals surface area contributed by atoms with Crippen molar-refractivity contribution in [3.05, 3.63) is 217 Å². The van der Waals surface area contributed by atoms with Gasteiger partial charge in [0.15, 0.2) is 0 Å². The number of methoxy groups -OCH3 is 1. The summed E-state index contributed by atoms with van der Waals surface area (Å²) in [5.74, 6) is 3.26. The van der Waals surface area contributed by atoms with Crippen molar-refractivity contribution in [1.82, 2.24) is 47.6 Å². The maximum absolute atomic E-state index is 12.7. The van der Waals surface area contributed by atoms with E-state index in [1.54, 1.807) is 65.1 Å². The van der Waals surface area contributed by atoms with Gasteiger partial charge in [0.2, 0.25) is 41.9 Å². The third kappa shape index (κ3) is 17.0. The highest BCUT2D eigenvalue weighted by molar-refractivity contribution is 7.90. The van der Waals surface area contributed by atoms with Crippen LogP contribution in [0.5, 0.6) is 5.75 Å². The van der Waals surface area contributed by atoms with Crippen LogP contribution in [0.1, 0.15) is 144 Å². The van der Waals surface area contributed by atoms with Gasteiger partial charge < -0.3 is 39.5 Å². The molecule has 5 aliphatic heterocycles. The van der Waals surface area contributed by atoms with Gasteiger partial charge in [-0.15, -0.1) is 0 Å². The second-order valence-electron chi connectivity index (χ2n) is 29.0. The van der Waals surface area contributed by atoms with Crippen LogP contribution in [0.25, 0.3) is 65.7 Å². The lowest BCUT2D eigenvalue weighted by Crippen LogP contribution is -2.41. The Balaban J connectivity index is 0.000000117. The molecule has 5 N–H and O–H groups in total. The number of benzene rings is 6. The summed E-state index contributed by atoms with van der Waals surface area (Å²) < 4.78 is 84.3. The van der Waals surface area contributed by atoms with E-state index in [9.17, 15) is 34.8 Å². The van der Waals surface area contributed by atoms with Gasteiger partial charge in [0.25, 0.3) is 0 Å². The number of sulfonamides is 3. The van der Waals surface area contributed by atoms with Gasteiger partial charge in [0, 0.05) is 175 Å². The summed E-state index contributed by atoms with van der Waals surface area (Å²) in [7, 11) is -7.84. The van der Waals surface area contributed by atoms with Gasteiger partial charge in [0.1, 0.15) is 5.75 Å². The maximum Gasteiger partial charge on any atom is 0.243 e. The molecule has 6 aliphatic rings. The Morgan fingerprint density at radius 1 is 0.462 bits per heavy atom. The molecule has 0 radical (unpaired) electrons. The Morgan fingerprint density at radius 3 is 1.30 bits per heavy atom. The molecule has 22 heteroatoms. The zero-order valence-electron chi connectivity index (χ0n) is 61.5. The van der Waals surface area contributed by atoms with Crippen molar-refractivity contribution in [2.45, 2.75) is 126 Å². The first-order chi connectivity index (χ1) is 51.3. The van der Waals surface area contributed by atoms with Crippen molar-refractivity contribution in [3.8, 4) is 5.75 Å². The van der Waals surface area contributed by atoms with E-state index in [-0.39, 0.29) is 16.9 Å². The van der Waals surface area contributed by atoms with Crippen molar-refractivity contribution in [1.29, 1.82) is 0 Å².